The molecule has 0 N–H and O–H groups in total. The van der Waals surface area contributed by atoms with Crippen molar-refractivity contribution in [3.05, 3.63) is 86.8 Å². The minimum absolute atomic E-state index is 0.195. The van der Waals surface area contributed by atoms with Crippen molar-refractivity contribution in [2.75, 3.05) is 0 Å². The van der Waals surface area contributed by atoms with Gasteiger partial charge in [0.2, 0.25) is 0 Å². The number of hydrogen-bond donors (Lipinski definition) is 0. The molecule has 6 heteroatoms. The zero-order valence-electron chi connectivity index (χ0n) is 17.3. The summed E-state index contributed by atoms with van der Waals surface area (Å²) in [5.74, 6) is 0. The maximum absolute atomic E-state index is 10.7. The standard InChI is InChI=1S/C13H13N3.C10H11NO2/c1-8(2)12-9(3)15-16-11-7-5-4-6-10(11)14-13(12)16;1-8(2)10(11(12)13)9-6-4-3-5-7-9/h4-7H,1-3H3;3-7H,1-2H3. The number of nitrogens with zero attached hydrogens (tertiary/aromatic N) is 4. The first-order valence-corrected chi connectivity index (χ1v) is 9.39. The Kier molecular flexibility index (Phi) is 5.73. The predicted molar refractivity (Wildman–Crippen MR) is 117 cm³/mol. The lowest BCUT2D eigenvalue weighted by atomic mass is 10.1. The summed E-state index contributed by atoms with van der Waals surface area (Å²) in [6, 6.07) is 17.0. The smallest absolute Gasteiger partial charge is 0.258 e. The SMILES string of the molecule is CC(C)=C(c1ccccc1)[N+](=O)[O-].CC(C)=c1c(C)nn2c1nc1ccccc12. The van der Waals surface area contributed by atoms with Crippen LogP contribution in [-0.2, 0) is 0 Å². The van der Waals surface area contributed by atoms with Gasteiger partial charge in [-0.1, -0.05) is 35.9 Å². The van der Waals surface area contributed by atoms with E-state index in [0.29, 0.717) is 5.56 Å². The van der Waals surface area contributed by atoms with E-state index >= 15 is 0 Å². The highest BCUT2D eigenvalue weighted by atomic mass is 16.6. The van der Waals surface area contributed by atoms with E-state index < -0.39 is 0 Å². The van der Waals surface area contributed by atoms with E-state index in [-0.39, 0.29) is 10.6 Å². The summed E-state index contributed by atoms with van der Waals surface area (Å²) < 4.78 is 1.94. The number of rotatable bonds is 2. The van der Waals surface area contributed by atoms with Crippen LogP contribution < -0.4 is 5.22 Å². The molecule has 0 fully saturated rings. The topological polar surface area (TPSA) is 73.3 Å². The molecule has 148 valence electrons. The molecule has 2 heterocycles. The van der Waals surface area contributed by atoms with Crippen LogP contribution in [0.5, 0.6) is 0 Å². The monoisotopic (exact) mass is 388 g/mol. The van der Waals surface area contributed by atoms with Gasteiger partial charge in [0, 0.05) is 10.8 Å². The van der Waals surface area contributed by atoms with Crippen molar-refractivity contribution in [3.8, 4) is 0 Å². The number of aryl methyl sites for hydroxylation is 1. The quantitative estimate of drug-likeness (QED) is 0.365. The second-order valence-electron chi connectivity index (χ2n) is 7.27. The van der Waals surface area contributed by atoms with Gasteiger partial charge in [-0.2, -0.15) is 5.10 Å². The highest BCUT2D eigenvalue weighted by Gasteiger charge is 2.14. The van der Waals surface area contributed by atoms with Crippen LogP contribution in [-0.4, -0.2) is 19.5 Å². The molecule has 0 atom stereocenters. The van der Waals surface area contributed by atoms with Gasteiger partial charge >= 0.3 is 0 Å². The van der Waals surface area contributed by atoms with Crippen LogP contribution in [0.25, 0.3) is 28.0 Å². The Hall–Kier alpha value is -3.54. The van der Waals surface area contributed by atoms with Gasteiger partial charge in [0.1, 0.15) is 0 Å². The van der Waals surface area contributed by atoms with Crippen molar-refractivity contribution in [3.63, 3.8) is 0 Å². The maximum Gasteiger partial charge on any atom is 0.275 e. The van der Waals surface area contributed by atoms with Crippen molar-refractivity contribution < 1.29 is 4.92 Å². The largest absolute Gasteiger partial charge is 0.275 e. The molecule has 0 bridgehead atoms. The lowest BCUT2D eigenvalue weighted by Gasteiger charge is -1.99. The number of hydrogen-bond acceptors (Lipinski definition) is 4. The van der Waals surface area contributed by atoms with Crippen LogP contribution in [0.3, 0.4) is 0 Å². The lowest BCUT2D eigenvalue weighted by Crippen LogP contribution is -2.05. The normalized spacial score (nSPS) is 10.5. The number of para-hydroxylation sites is 2. The van der Waals surface area contributed by atoms with E-state index in [1.807, 2.05) is 35.7 Å². The van der Waals surface area contributed by atoms with Gasteiger partial charge in [-0.3, -0.25) is 10.1 Å². The average Bonchev–Trinajstić information content (AvgIpc) is 3.16. The van der Waals surface area contributed by atoms with Crippen LogP contribution >= 0.6 is 0 Å². The second kappa shape index (κ2) is 8.22. The third kappa shape index (κ3) is 4.01. The van der Waals surface area contributed by atoms with Gasteiger partial charge in [-0.15, -0.1) is 0 Å². The fraction of sp³-hybridized carbons (Fsp3) is 0.217. The third-order valence-electron chi connectivity index (χ3n) is 4.58. The summed E-state index contributed by atoms with van der Waals surface area (Å²) in [7, 11) is 0. The molecule has 0 aliphatic rings. The molecule has 0 amide bonds. The van der Waals surface area contributed by atoms with Gasteiger partial charge in [0.25, 0.3) is 5.70 Å². The molecule has 4 aromatic rings. The number of allylic oxidation sites excluding steroid dienone is 1. The molecule has 0 aliphatic carbocycles. The Balaban J connectivity index is 0.000000170. The number of nitro groups is 1. The summed E-state index contributed by atoms with van der Waals surface area (Å²) in [6.45, 7) is 9.72. The first-order valence-electron chi connectivity index (χ1n) is 9.39. The molecule has 0 saturated carbocycles. The van der Waals surface area contributed by atoms with Crippen LogP contribution in [0.4, 0.5) is 0 Å². The Morgan fingerprint density at radius 3 is 2.17 bits per heavy atom. The number of aromatic nitrogens is 3. The number of benzene rings is 2. The first-order chi connectivity index (χ1) is 13.8. The summed E-state index contributed by atoms with van der Waals surface area (Å²) in [4.78, 5) is 15.0. The van der Waals surface area contributed by atoms with E-state index in [4.69, 9.17) is 0 Å². The molecule has 29 heavy (non-hydrogen) atoms. The number of imidazole rings is 1. The highest BCUT2D eigenvalue weighted by molar-refractivity contribution is 5.80. The molecule has 0 spiro atoms. The zero-order valence-corrected chi connectivity index (χ0v) is 17.3. The molecule has 6 nitrogen and oxygen atoms in total. The molecule has 0 saturated heterocycles. The number of fused-ring (bicyclic) bond motifs is 3. The van der Waals surface area contributed by atoms with E-state index in [1.54, 1.807) is 38.1 Å². The van der Waals surface area contributed by atoms with Crippen molar-refractivity contribution in [1.82, 2.24) is 14.6 Å². The molecule has 0 radical (unpaired) electrons. The first kappa shape index (κ1) is 20.2. The molecular formula is C23H24N4O2. The third-order valence-corrected chi connectivity index (χ3v) is 4.58. The summed E-state index contributed by atoms with van der Waals surface area (Å²) >= 11 is 0. The summed E-state index contributed by atoms with van der Waals surface area (Å²) in [5, 5.41) is 16.4. The van der Waals surface area contributed by atoms with E-state index in [1.165, 1.54) is 10.8 Å². The van der Waals surface area contributed by atoms with Crippen LogP contribution in [0, 0.1) is 17.0 Å². The minimum atomic E-state index is -0.343. The van der Waals surface area contributed by atoms with E-state index in [0.717, 1.165) is 27.9 Å². The van der Waals surface area contributed by atoms with Crippen LogP contribution in [0.2, 0.25) is 0 Å². The fourth-order valence-corrected chi connectivity index (χ4v) is 3.40. The molecule has 0 unspecified atom stereocenters. The Morgan fingerprint density at radius 2 is 1.59 bits per heavy atom. The Labute approximate surface area is 169 Å². The van der Waals surface area contributed by atoms with Crippen molar-refractivity contribution in [2.45, 2.75) is 34.6 Å². The second-order valence-corrected chi connectivity index (χ2v) is 7.27. The van der Waals surface area contributed by atoms with E-state index in [9.17, 15) is 10.1 Å². The van der Waals surface area contributed by atoms with Gasteiger partial charge in [0.15, 0.2) is 5.65 Å². The molecule has 2 aromatic heterocycles. The highest BCUT2D eigenvalue weighted by Crippen LogP contribution is 2.18. The Morgan fingerprint density at radius 1 is 0.966 bits per heavy atom. The average molecular weight is 388 g/mol. The molecule has 4 rings (SSSR count). The molecule has 0 aliphatic heterocycles. The van der Waals surface area contributed by atoms with Crippen molar-refractivity contribution in [2.24, 2.45) is 0 Å². The zero-order chi connectivity index (χ0) is 21.1. The summed E-state index contributed by atoms with van der Waals surface area (Å²) in [6.07, 6.45) is 0. The van der Waals surface area contributed by atoms with Gasteiger partial charge in [-0.05, 0) is 58.9 Å². The van der Waals surface area contributed by atoms with Gasteiger partial charge in [0.05, 0.1) is 27.2 Å². The summed E-state index contributed by atoms with van der Waals surface area (Å²) in [5.41, 5.74) is 6.94. The molecule has 2 aromatic carbocycles. The van der Waals surface area contributed by atoms with Crippen LogP contribution in [0.15, 0.2) is 60.2 Å². The minimum Gasteiger partial charge on any atom is -0.258 e. The maximum atomic E-state index is 10.7. The Bertz CT molecular complexity index is 1260. The van der Waals surface area contributed by atoms with Gasteiger partial charge in [-0.25, -0.2) is 9.50 Å². The van der Waals surface area contributed by atoms with Crippen molar-refractivity contribution in [1.29, 1.82) is 0 Å². The van der Waals surface area contributed by atoms with Crippen LogP contribution in [0.1, 0.15) is 39.0 Å². The van der Waals surface area contributed by atoms with Gasteiger partial charge < -0.3 is 0 Å². The van der Waals surface area contributed by atoms with E-state index in [2.05, 4.69) is 30.0 Å². The fourth-order valence-electron chi connectivity index (χ4n) is 3.40. The predicted octanol–water partition coefficient (Wildman–Crippen LogP) is 4.81. The molecular weight excluding hydrogens is 364 g/mol. The van der Waals surface area contributed by atoms with Crippen molar-refractivity contribution >= 4 is 28.0 Å². The lowest BCUT2D eigenvalue weighted by molar-refractivity contribution is -0.376.